The molecule has 2 aliphatic heterocycles. The molecule has 0 saturated carbocycles. The SMILES string of the molecule is CCN1CCOC(CN2CCC(C(=O)O)CC2)C1. The molecule has 2 aliphatic rings. The van der Waals surface area contributed by atoms with Crippen LogP contribution in [0.15, 0.2) is 0 Å². The van der Waals surface area contributed by atoms with Crippen molar-refractivity contribution in [3.05, 3.63) is 0 Å². The van der Waals surface area contributed by atoms with Crippen molar-refractivity contribution >= 4 is 5.97 Å². The number of carbonyl (C=O) groups is 1. The Morgan fingerprint density at radius 2 is 2.00 bits per heavy atom. The van der Waals surface area contributed by atoms with E-state index in [9.17, 15) is 4.79 Å². The zero-order valence-electron chi connectivity index (χ0n) is 11.2. The number of rotatable bonds is 4. The number of likely N-dealkylation sites (N-methyl/N-ethyl adjacent to an activating group) is 1. The Labute approximate surface area is 109 Å². The number of morpholine rings is 1. The highest BCUT2D eigenvalue weighted by atomic mass is 16.5. The Morgan fingerprint density at radius 3 is 2.61 bits per heavy atom. The van der Waals surface area contributed by atoms with Crippen LogP contribution in [0.5, 0.6) is 0 Å². The summed E-state index contributed by atoms with van der Waals surface area (Å²) in [6.07, 6.45) is 1.85. The standard InChI is InChI=1S/C13H24N2O3/c1-2-14-7-8-18-12(9-14)10-15-5-3-11(4-6-15)13(16)17/h11-12H,2-10H2,1H3,(H,16,17). The van der Waals surface area contributed by atoms with Crippen molar-refractivity contribution in [2.75, 3.05) is 45.9 Å². The maximum absolute atomic E-state index is 10.9. The average molecular weight is 256 g/mol. The van der Waals surface area contributed by atoms with E-state index in [-0.39, 0.29) is 5.92 Å². The number of piperidine rings is 1. The monoisotopic (exact) mass is 256 g/mol. The van der Waals surface area contributed by atoms with Crippen molar-refractivity contribution in [2.45, 2.75) is 25.9 Å². The predicted molar refractivity (Wildman–Crippen MR) is 68.7 cm³/mol. The molecule has 0 radical (unpaired) electrons. The Bertz CT molecular complexity index is 277. The Balaban J connectivity index is 1.72. The Kier molecular flexibility index (Phi) is 4.97. The molecule has 0 bridgehead atoms. The van der Waals surface area contributed by atoms with Gasteiger partial charge >= 0.3 is 5.97 Å². The number of aliphatic carboxylic acids is 1. The molecule has 18 heavy (non-hydrogen) atoms. The molecule has 0 spiro atoms. The lowest BCUT2D eigenvalue weighted by Gasteiger charge is -2.37. The van der Waals surface area contributed by atoms with E-state index in [0.717, 1.165) is 58.7 Å². The summed E-state index contributed by atoms with van der Waals surface area (Å²) in [5.41, 5.74) is 0. The maximum atomic E-state index is 10.9. The first-order chi connectivity index (χ1) is 8.69. The Morgan fingerprint density at radius 1 is 1.28 bits per heavy atom. The first-order valence-corrected chi connectivity index (χ1v) is 6.98. The first-order valence-electron chi connectivity index (χ1n) is 6.98. The van der Waals surface area contributed by atoms with E-state index in [1.807, 2.05) is 0 Å². The number of ether oxygens (including phenoxy) is 1. The summed E-state index contributed by atoms with van der Waals surface area (Å²) in [6, 6.07) is 0. The summed E-state index contributed by atoms with van der Waals surface area (Å²) in [6.45, 7) is 8.87. The molecule has 0 aliphatic carbocycles. The van der Waals surface area contributed by atoms with Gasteiger partial charge in [0.15, 0.2) is 0 Å². The molecule has 0 aromatic heterocycles. The fourth-order valence-electron chi connectivity index (χ4n) is 2.83. The number of hydrogen-bond donors (Lipinski definition) is 1. The highest BCUT2D eigenvalue weighted by molar-refractivity contribution is 5.70. The summed E-state index contributed by atoms with van der Waals surface area (Å²) in [5.74, 6) is -0.776. The first kappa shape index (κ1) is 13.8. The smallest absolute Gasteiger partial charge is 0.306 e. The fourth-order valence-corrected chi connectivity index (χ4v) is 2.83. The van der Waals surface area contributed by atoms with Gasteiger partial charge in [-0.15, -0.1) is 0 Å². The van der Waals surface area contributed by atoms with Gasteiger partial charge in [0.2, 0.25) is 0 Å². The molecule has 5 heteroatoms. The number of carboxylic acids is 1. The molecule has 2 saturated heterocycles. The summed E-state index contributed by atoms with van der Waals surface area (Å²) >= 11 is 0. The van der Waals surface area contributed by atoms with E-state index < -0.39 is 5.97 Å². The van der Waals surface area contributed by atoms with Gasteiger partial charge in [0.1, 0.15) is 0 Å². The van der Waals surface area contributed by atoms with Gasteiger partial charge in [0, 0.05) is 19.6 Å². The van der Waals surface area contributed by atoms with E-state index >= 15 is 0 Å². The van der Waals surface area contributed by atoms with Crippen LogP contribution in [-0.4, -0.2) is 72.9 Å². The molecule has 1 atom stereocenters. The molecule has 104 valence electrons. The molecule has 0 aromatic carbocycles. The highest BCUT2D eigenvalue weighted by Crippen LogP contribution is 2.18. The number of likely N-dealkylation sites (tertiary alicyclic amines) is 1. The van der Waals surface area contributed by atoms with Crippen LogP contribution in [0.3, 0.4) is 0 Å². The zero-order chi connectivity index (χ0) is 13.0. The van der Waals surface area contributed by atoms with Gasteiger partial charge in [-0.2, -0.15) is 0 Å². The topological polar surface area (TPSA) is 53.0 Å². The van der Waals surface area contributed by atoms with E-state index in [0.29, 0.717) is 6.10 Å². The van der Waals surface area contributed by atoms with Crippen molar-refractivity contribution < 1.29 is 14.6 Å². The molecule has 5 nitrogen and oxygen atoms in total. The van der Waals surface area contributed by atoms with Crippen molar-refractivity contribution in [1.29, 1.82) is 0 Å². The van der Waals surface area contributed by atoms with Crippen LogP contribution >= 0.6 is 0 Å². The predicted octanol–water partition coefficient (Wildman–Crippen LogP) is 0.504. The molecule has 0 aromatic rings. The van der Waals surface area contributed by atoms with E-state index in [4.69, 9.17) is 9.84 Å². The van der Waals surface area contributed by atoms with Crippen molar-refractivity contribution in [3.8, 4) is 0 Å². The summed E-state index contributed by atoms with van der Waals surface area (Å²) < 4.78 is 5.79. The van der Waals surface area contributed by atoms with Crippen LogP contribution in [0.4, 0.5) is 0 Å². The third-order valence-corrected chi connectivity index (χ3v) is 4.07. The van der Waals surface area contributed by atoms with Crippen molar-refractivity contribution in [3.63, 3.8) is 0 Å². The van der Waals surface area contributed by atoms with Gasteiger partial charge in [0.05, 0.1) is 18.6 Å². The second kappa shape index (κ2) is 6.50. The lowest BCUT2D eigenvalue weighted by Crippen LogP contribution is -2.49. The highest BCUT2D eigenvalue weighted by Gasteiger charge is 2.27. The molecule has 2 heterocycles. The molecule has 1 unspecified atom stereocenters. The van der Waals surface area contributed by atoms with Crippen LogP contribution < -0.4 is 0 Å². The second-order valence-corrected chi connectivity index (χ2v) is 5.30. The van der Waals surface area contributed by atoms with Crippen LogP contribution in [0.25, 0.3) is 0 Å². The molecule has 1 N–H and O–H groups in total. The Hall–Kier alpha value is -0.650. The van der Waals surface area contributed by atoms with Gasteiger partial charge in [0.25, 0.3) is 0 Å². The van der Waals surface area contributed by atoms with Crippen LogP contribution in [0, 0.1) is 5.92 Å². The van der Waals surface area contributed by atoms with E-state index in [1.165, 1.54) is 0 Å². The second-order valence-electron chi connectivity index (χ2n) is 5.30. The van der Waals surface area contributed by atoms with Gasteiger partial charge in [-0.3, -0.25) is 9.69 Å². The zero-order valence-corrected chi connectivity index (χ0v) is 11.2. The van der Waals surface area contributed by atoms with Crippen molar-refractivity contribution in [1.82, 2.24) is 9.80 Å². The lowest BCUT2D eigenvalue weighted by atomic mass is 9.97. The van der Waals surface area contributed by atoms with E-state index in [1.54, 1.807) is 0 Å². The third kappa shape index (κ3) is 3.67. The largest absolute Gasteiger partial charge is 0.481 e. The average Bonchev–Trinajstić information content (AvgIpc) is 2.39. The number of hydrogen-bond acceptors (Lipinski definition) is 4. The molecule has 0 amide bonds. The van der Waals surface area contributed by atoms with Crippen molar-refractivity contribution in [2.24, 2.45) is 5.92 Å². The lowest BCUT2D eigenvalue weighted by molar-refractivity contribution is -0.143. The molecular weight excluding hydrogens is 232 g/mol. The summed E-state index contributed by atoms with van der Waals surface area (Å²) in [5, 5.41) is 8.96. The maximum Gasteiger partial charge on any atom is 0.306 e. The number of carboxylic acid groups (broad SMARTS) is 1. The van der Waals surface area contributed by atoms with Gasteiger partial charge in [-0.25, -0.2) is 0 Å². The molecule has 2 rings (SSSR count). The van der Waals surface area contributed by atoms with Crippen LogP contribution in [0.1, 0.15) is 19.8 Å². The van der Waals surface area contributed by atoms with Gasteiger partial charge in [-0.05, 0) is 32.5 Å². The van der Waals surface area contributed by atoms with Gasteiger partial charge in [-0.1, -0.05) is 6.92 Å². The minimum Gasteiger partial charge on any atom is -0.481 e. The number of nitrogens with zero attached hydrogens (tertiary/aromatic N) is 2. The minimum absolute atomic E-state index is 0.138. The molecular formula is C13H24N2O3. The van der Waals surface area contributed by atoms with Gasteiger partial charge < -0.3 is 14.7 Å². The fraction of sp³-hybridized carbons (Fsp3) is 0.923. The van der Waals surface area contributed by atoms with Crippen LogP contribution in [-0.2, 0) is 9.53 Å². The normalized spacial score (nSPS) is 28.4. The quantitative estimate of drug-likeness (QED) is 0.794. The summed E-state index contributed by atoms with van der Waals surface area (Å²) in [4.78, 5) is 15.6. The summed E-state index contributed by atoms with van der Waals surface area (Å²) in [7, 11) is 0. The third-order valence-electron chi connectivity index (χ3n) is 4.07. The van der Waals surface area contributed by atoms with E-state index in [2.05, 4.69) is 16.7 Å². The molecule has 2 fully saturated rings. The van der Waals surface area contributed by atoms with Crippen LogP contribution in [0.2, 0.25) is 0 Å². The minimum atomic E-state index is -0.638.